The molecule has 1 aromatic heterocycles. The Morgan fingerprint density at radius 2 is 1.86 bits per heavy atom. The van der Waals surface area contributed by atoms with Crippen molar-refractivity contribution in [2.24, 2.45) is 4.40 Å². The van der Waals surface area contributed by atoms with E-state index in [0.717, 1.165) is 15.9 Å². The normalized spacial score (nSPS) is 18.7. The summed E-state index contributed by atoms with van der Waals surface area (Å²) >= 11 is 0.493. The number of hydrogen-bond acceptors (Lipinski definition) is 10. The molecule has 2 aromatic rings. The first-order chi connectivity index (χ1) is 16.8. The van der Waals surface area contributed by atoms with Gasteiger partial charge in [0, 0.05) is 39.3 Å². The van der Waals surface area contributed by atoms with Crippen LogP contribution in [0.5, 0.6) is 0 Å². The third kappa shape index (κ3) is 6.33. The fraction of sp³-hybridized carbons (Fsp3) is 0.476. The molecule has 0 unspecified atom stereocenters. The minimum Gasteiger partial charge on any atom is -0.481 e. The molecular formula is C21H28N2O9S4. The molecule has 36 heavy (non-hydrogen) atoms. The van der Waals surface area contributed by atoms with E-state index in [4.69, 9.17) is 13.7 Å². The van der Waals surface area contributed by atoms with Crippen LogP contribution in [-0.4, -0.2) is 68.9 Å². The van der Waals surface area contributed by atoms with Crippen LogP contribution in [0.25, 0.3) is 0 Å². The van der Waals surface area contributed by atoms with Gasteiger partial charge in [0.05, 0.1) is 11.5 Å². The highest BCUT2D eigenvalue weighted by molar-refractivity contribution is 7.94. The van der Waals surface area contributed by atoms with Gasteiger partial charge in [-0.05, 0) is 38.5 Å². The number of aryl methyl sites for hydroxylation is 1. The minimum atomic E-state index is -4.31. The second-order valence-corrected chi connectivity index (χ2v) is 14.5. The second kappa shape index (κ2) is 11.2. The maximum atomic E-state index is 13.3. The molecule has 0 spiro atoms. The van der Waals surface area contributed by atoms with Crippen molar-refractivity contribution in [1.29, 1.82) is 0 Å². The molecule has 200 valence electrons. The Balaban J connectivity index is 2.08. The standard InChI is InChI=1S/C21H28N2O9S4/c1-5-31-16(3)22-34(24,25)20-13-18-19(32-36(28,29)17-9-7-15(2)8-10-17)14-23(11-6-12-30-4)35(26,27)21(18)33-20/h7-10,13,19H,5-6,11-12,14H2,1-4H3/t19-/m1/s1. The number of sulfonamides is 2. The topological polar surface area (TPSA) is 146 Å². The van der Waals surface area contributed by atoms with Crippen molar-refractivity contribution in [2.45, 2.75) is 46.6 Å². The van der Waals surface area contributed by atoms with Gasteiger partial charge in [0.25, 0.3) is 30.2 Å². The van der Waals surface area contributed by atoms with Crippen molar-refractivity contribution in [2.75, 3.05) is 33.4 Å². The zero-order valence-electron chi connectivity index (χ0n) is 20.2. The van der Waals surface area contributed by atoms with Crippen LogP contribution >= 0.6 is 11.3 Å². The molecule has 0 saturated heterocycles. The van der Waals surface area contributed by atoms with Gasteiger partial charge in [-0.2, -0.15) is 21.1 Å². The van der Waals surface area contributed by atoms with E-state index in [1.807, 2.05) is 0 Å². The summed E-state index contributed by atoms with van der Waals surface area (Å²) in [5, 5.41) is 0. The van der Waals surface area contributed by atoms with Crippen molar-refractivity contribution in [3.8, 4) is 0 Å². The van der Waals surface area contributed by atoms with E-state index in [9.17, 15) is 25.3 Å². The van der Waals surface area contributed by atoms with E-state index in [-0.39, 0.29) is 51.1 Å². The Hall–Kier alpha value is -1.88. The van der Waals surface area contributed by atoms with Crippen LogP contribution in [-0.2, 0) is 43.8 Å². The molecule has 0 bridgehead atoms. The molecule has 2 heterocycles. The zero-order chi connectivity index (χ0) is 26.7. The molecule has 0 amide bonds. The lowest BCUT2D eigenvalue weighted by Gasteiger charge is -2.31. The Morgan fingerprint density at radius 3 is 2.47 bits per heavy atom. The Morgan fingerprint density at radius 1 is 1.19 bits per heavy atom. The predicted octanol–water partition coefficient (Wildman–Crippen LogP) is 2.69. The molecule has 3 rings (SSSR count). The first-order valence-electron chi connectivity index (χ1n) is 10.9. The van der Waals surface area contributed by atoms with Gasteiger partial charge in [-0.15, -0.1) is 15.7 Å². The maximum Gasteiger partial charge on any atom is 0.297 e. The predicted molar refractivity (Wildman–Crippen MR) is 134 cm³/mol. The number of thiophene rings is 1. The number of fused-ring (bicyclic) bond motifs is 1. The average Bonchev–Trinajstić information content (AvgIpc) is 3.25. The second-order valence-electron chi connectivity index (χ2n) is 7.89. The Kier molecular flexibility index (Phi) is 8.96. The molecule has 0 radical (unpaired) electrons. The number of hydrogen-bond donors (Lipinski definition) is 0. The third-order valence-corrected chi connectivity index (χ3v) is 11.8. The van der Waals surface area contributed by atoms with Gasteiger partial charge in [-0.1, -0.05) is 17.7 Å². The van der Waals surface area contributed by atoms with E-state index in [1.165, 1.54) is 26.2 Å². The summed E-state index contributed by atoms with van der Waals surface area (Å²) in [7, 11) is -11.3. The van der Waals surface area contributed by atoms with Gasteiger partial charge in [-0.3, -0.25) is 4.18 Å². The number of nitrogens with zero attached hydrogens (tertiary/aromatic N) is 2. The molecule has 1 aliphatic rings. The molecular weight excluding hydrogens is 553 g/mol. The van der Waals surface area contributed by atoms with Crippen molar-refractivity contribution >= 4 is 47.4 Å². The SMILES string of the molecule is CCOC(C)=NS(=O)(=O)c1cc2c(s1)S(=O)(=O)N(CCCOC)C[C@H]2OS(=O)(=O)c1ccc(C)cc1. The van der Waals surface area contributed by atoms with Crippen molar-refractivity contribution in [1.82, 2.24) is 4.31 Å². The molecule has 15 heteroatoms. The van der Waals surface area contributed by atoms with Crippen LogP contribution in [0.2, 0.25) is 0 Å². The molecule has 0 N–H and O–H groups in total. The maximum absolute atomic E-state index is 13.3. The van der Waals surface area contributed by atoms with Crippen LogP contribution in [0.4, 0.5) is 0 Å². The Labute approximate surface area is 215 Å². The average molecular weight is 581 g/mol. The summed E-state index contributed by atoms with van der Waals surface area (Å²) in [5.74, 6) is -0.109. The van der Waals surface area contributed by atoms with Crippen molar-refractivity contribution in [3.63, 3.8) is 0 Å². The van der Waals surface area contributed by atoms with Gasteiger partial charge in [-0.25, -0.2) is 8.42 Å². The van der Waals surface area contributed by atoms with E-state index in [2.05, 4.69) is 4.40 Å². The van der Waals surface area contributed by atoms with Crippen LogP contribution < -0.4 is 0 Å². The summed E-state index contributed by atoms with van der Waals surface area (Å²) < 4.78 is 97.9. The highest BCUT2D eigenvalue weighted by Crippen LogP contribution is 2.43. The van der Waals surface area contributed by atoms with Crippen LogP contribution in [0, 0.1) is 6.92 Å². The number of benzene rings is 1. The van der Waals surface area contributed by atoms with E-state index < -0.39 is 36.3 Å². The van der Waals surface area contributed by atoms with Gasteiger partial charge in [0.15, 0.2) is 5.90 Å². The van der Waals surface area contributed by atoms with Gasteiger partial charge in [0.1, 0.15) is 14.5 Å². The number of methoxy groups -OCH3 is 1. The number of rotatable bonds is 10. The fourth-order valence-electron chi connectivity index (χ4n) is 3.46. The molecule has 1 atom stereocenters. The third-order valence-electron chi connectivity index (χ3n) is 5.16. The van der Waals surface area contributed by atoms with Crippen molar-refractivity contribution in [3.05, 3.63) is 41.5 Å². The van der Waals surface area contributed by atoms with Crippen LogP contribution in [0.15, 0.2) is 48.0 Å². The van der Waals surface area contributed by atoms with Crippen LogP contribution in [0.3, 0.4) is 0 Å². The molecule has 1 aliphatic heterocycles. The summed E-state index contributed by atoms with van der Waals surface area (Å²) in [6, 6.07) is 7.10. The van der Waals surface area contributed by atoms with Gasteiger partial charge < -0.3 is 9.47 Å². The first-order valence-corrected chi connectivity index (χ1v) is 16.0. The molecule has 0 saturated carbocycles. The van der Waals surface area contributed by atoms with Gasteiger partial charge >= 0.3 is 0 Å². The molecule has 0 fully saturated rings. The first kappa shape index (κ1) is 28.7. The number of ether oxygens (including phenoxy) is 2. The zero-order valence-corrected chi connectivity index (χ0v) is 23.5. The summed E-state index contributed by atoms with van der Waals surface area (Å²) in [5.41, 5.74) is 0.793. The highest BCUT2D eigenvalue weighted by Gasteiger charge is 2.42. The quantitative estimate of drug-likeness (QED) is 0.179. The van der Waals surface area contributed by atoms with Crippen molar-refractivity contribution < 1.29 is 38.9 Å². The Bertz CT molecular complexity index is 1430. The summed E-state index contributed by atoms with van der Waals surface area (Å²) in [6.07, 6.45) is -0.925. The molecule has 1 aromatic carbocycles. The van der Waals surface area contributed by atoms with Crippen LogP contribution in [0.1, 0.15) is 37.5 Å². The van der Waals surface area contributed by atoms with E-state index in [1.54, 1.807) is 26.0 Å². The van der Waals surface area contributed by atoms with Gasteiger partial charge in [0.2, 0.25) is 0 Å². The highest BCUT2D eigenvalue weighted by atomic mass is 32.3. The fourth-order valence-corrected chi connectivity index (χ4v) is 9.32. The molecule has 0 aliphatic carbocycles. The summed E-state index contributed by atoms with van der Waals surface area (Å²) in [6.45, 7) is 5.02. The largest absolute Gasteiger partial charge is 0.481 e. The monoisotopic (exact) mass is 580 g/mol. The lowest BCUT2D eigenvalue weighted by molar-refractivity contribution is 0.154. The molecule has 11 nitrogen and oxygen atoms in total. The minimum absolute atomic E-state index is 0.0294. The lowest BCUT2D eigenvalue weighted by Crippen LogP contribution is -2.41. The lowest BCUT2D eigenvalue weighted by atomic mass is 10.2. The smallest absolute Gasteiger partial charge is 0.297 e. The van der Waals surface area contributed by atoms with E-state index >= 15 is 0 Å². The van der Waals surface area contributed by atoms with E-state index in [0.29, 0.717) is 17.8 Å². The summed E-state index contributed by atoms with van der Waals surface area (Å²) in [4.78, 5) is -0.103.